The summed E-state index contributed by atoms with van der Waals surface area (Å²) in [4.78, 5) is 19.0. The highest BCUT2D eigenvalue weighted by Gasteiger charge is 2.29. The highest BCUT2D eigenvalue weighted by molar-refractivity contribution is 5.94. The van der Waals surface area contributed by atoms with Crippen LogP contribution in [-0.4, -0.2) is 15.9 Å². The number of aromatic amines is 1. The first-order valence-corrected chi connectivity index (χ1v) is 5.48. The van der Waals surface area contributed by atoms with Gasteiger partial charge in [-0.15, -0.1) is 0 Å². The Labute approximate surface area is 93.1 Å². The van der Waals surface area contributed by atoms with Crippen molar-refractivity contribution in [3.8, 4) is 0 Å². The molecule has 0 saturated heterocycles. The summed E-state index contributed by atoms with van der Waals surface area (Å²) in [7, 11) is 0. The first-order valence-electron chi connectivity index (χ1n) is 5.48. The van der Waals surface area contributed by atoms with Gasteiger partial charge in [0.25, 0.3) is 0 Å². The summed E-state index contributed by atoms with van der Waals surface area (Å²) in [5.41, 5.74) is 2.11. The summed E-state index contributed by atoms with van der Waals surface area (Å²) in [6.07, 6.45) is 3.80. The molecule has 0 unspecified atom stereocenters. The molecule has 1 amide bonds. The zero-order valence-corrected chi connectivity index (χ0v) is 9.08. The summed E-state index contributed by atoms with van der Waals surface area (Å²) in [6.45, 7) is 2.00. The molecule has 16 heavy (non-hydrogen) atoms. The number of amides is 1. The Morgan fingerprint density at radius 3 is 3.06 bits per heavy atom. The van der Waals surface area contributed by atoms with E-state index in [-0.39, 0.29) is 11.8 Å². The fourth-order valence-corrected chi connectivity index (χ4v) is 1.81. The van der Waals surface area contributed by atoms with Crippen LogP contribution in [0.4, 0.5) is 5.82 Å². The minimum absolute atomic E-state index is 0.0927. The predicted molar refractivity (Wildman–Crippen MR) is 62.2 cm³/mol. The number of carbonyl (C=O) groups excluding carboxylic acids is 1. The number of rotatable bonds is 2. The lowest BCUT2D eigenvalue weighted by molar-refractivity contribution is -0.117. The van der Waals surface area contributed by atoms with E-state index in [1.54, 1.807) is 6.20 Å². The average molecular weight is 215 g/mol. The molecule has 2 N–H and O–H groups in total. The summed E-state index contributed by atoms with van der Waals surface area (Å²) in [6, 6.07) is 3.91. The van der Waals surface area contributed by atoms with E-state index in [1.165, 1.54) is 0 Å². The van der Waals surface area contributed by atoms with Gasteiger partial charge in [-0.1, -0.05) is 0 Å². The van der Waals surface area contributed by atoms with Gasteiger partial charge in [-0.3, -0.25) is 4.79 Å². The van der Waals surface area contributed by atoms with Crippen LogP contribution in [0.5, 0.6) is 0 Å². The number of aromatic nitrogens is 2. The third-order valence-corrected chi connectivity index (χ3v) is 2.84. The van der Waals surface area contributed by atoms with Crippen LogP contribution in [0.15, 0.2) is 18.3 Å². The molecule has 3 rings (SSSR count). The summed E-state index contributed by atoms with van der Waals surface area (Å²) in [5, 5.41) is 3.91. The molecule has 1 fully saturated rings. The van der Waals surface area contributed by atoms with Gasteiger partial charge >= 0.3 is 0 Å². The van der Waals surface area contributed by atoms with E-state index in [2.05, 4.69) is 15.3 Å². The SMILES string of the molecule is Cc1cc2cnc(NC(=O)C3CC3)cc2[nH]1. The molecule has 0 aliphatic heterocycles. The largest absolute Gasteiger partial charge is 0.358 e. The number of anilines is 1. The Bertz CT molecular complexity index is 554. The van der Waals surface area contributed by atoms with E-state index in [0.29, 0.717) is 5.82 Å². The summed E-state index contributed by atoms with van der Waals surface area (Å²) in [5.74, 6) is 0.934. The van der Waals surface area contributed by atoms with E-state index in [1.807, 2.05) is 19.1 Å². The van der Waals surface area contributed by atoms with Gasteiger partial charge in [0, 0.05) is 29.3 Å². The van der Waals surface area contributed by atoms with E-state index in [4.69, 9.17) is 0 Å². The van der Waals surface area contributed by atoms with Gasteiger partial charge in [-0.2, -0.15) is 0 Å². The van der Waals surface area contributed by atoms with Gasteiger partial charge < -0.3 is 10.3 Å². The minimum atomic E-state index is 0.0927. The minimum Gasteiger partial charge on any atom is -0.358 e. The van der Waals surface area contributed by atoms with Crippen LogP contribution < -0.4 is 5.32 Å². The fraction of sp³-hybridized carbons (Fsp3) is 0.333. The molecule has 2 aromatic rings. The third kappa shape index (κ3) is 1.66. The number of pyridine rings is 1. The van der Waals surface area contributed by atoms with Crippen molar-refractivity contribution in [1.82, 2.24) is 9.97 Å². The Hall–Kier alpha value is -1.84. The molecule has 4 heteroatoms. The highest BCUT2D eigenvalue weighted by atomic mass is 16.2. The van der Waals surface area contributed by atoms with Gasteiger partial charge in [0.1, 0.15) is 5.82 Å². The normalized spacial score (nSPS) is 15.3. The van der Waals surface area contributed by atoms with Gasteiger partial charge in [0.15, 0.2) is 0 Å². The maximum atomic E-state index is 11.6. The van der Waals surface area contributed by atoms with Crippen molar-refractivity contribution in [2.75, 3.05) is 5.32 Å². The zero-order valence-electron chi connectivity index (χ0n) is 9.08. The van der Waals surface area contributed by atoms with Crippen LogP contribution in [-0.2, 0) is 4.79 Å². The number of nitrogens with zero attached hydrogens (tertiary/aromatic N) is 1. The molecule has 1 aliphatic carbocycles. The van der Waals surface area contributed by atoms with Crippen molar-refractivity contribution in [3.63, 3.8) is 0 Å². The number of nitrogens with one attached hydrogen (secondary N) is 2. The van der Waals surface area contributed by atoms with Gasteiger partial charge in [0.05, 0.1) is 5.52 Å². The van der Waals surface area contributed by atoms with E-state index in [9.17, 15) is 4.79 Å². The number of aryl methyl sites for hydroxylation is 1. The van der Waals surface area contributed by atoms with Crippen molar-refractivity contribution < 1.29 is 4.79 Å². The first kappa shape index (κ1) is 9.39. The molecule has 82 valence electrons. The number of hydrogen-bond donors (Lipinski definition) is 2. The highest BCUT2D eigenvalue weighted by Crippen LogP contribution is 2.30. The third-order valence-electron chi connectivity index (χ3n) is 2.84. The van der Waals surface area contributed by atoms with E-state index < -0.39 is 0 Å². The monoisotopic (exact) mass is 215 g/mol. The second-order valence-electron chi connectivity index (χ2n) is 4.37. The molecule has 0 atom stereocenters. The van der Waals surface area contributed by atoms with Crippen molar-refractivity contribution >= 4 is 22.6 Å². The molecule has 4 nitrogen and oxygen atoms in total. The smallest absolute Gasteiger partial charge is 0.228 e. The van der Waals surface area contributed by atoms with Crippen LogP contribution in [0.2, 0.25) is 0 Å². The molecule has 1 aliphatic rings. The van der Waals surface area contributed by atoms with Crippen molar-refractivity contribution in [2.24, 2.45) is 5.92 Å². The second-order valence-corrected chi connectivity index (χ2v) is 4.37. The first-order chi connectivity index (χ1) is 7.72. The standard InChI is InChI=1S/C12H13N3O/c1-7-4-9-6-13-11(5-10(9)14-7)15-12(16)8-2-3-8/h4-6,8,14H,2-3H2,1H3,(H,13,15,16). The molecular formula is C12H13N3O. The topological polar surface area (TPSA) is 57.8 Å². The van der Waals surface area contributed by atoms with Gasteiger partial charge in [0.2, 0.25) is 5.91 Å². The average Bonchev–Trinajstić information content (AvgIpc) is 3.01. The van der Waals surface area contributed by atoms with Crippen molar-refractivity contribution in [2.45, 2.75) is 19.8 Å². The Morgan fingerprint density at radius 1 is 1.50 bits per heavy atom. The molecule has 0 spiro atoms. The van der Waals surface area contributed by atoms with Crippen LogP contribution in [0, 0.1) is 12.8 Å². The van der Waals surface area contributed by atoms with Crippen LogP contribution in [0.1, 0.15) is 18.5 Å². The van der Waals surface area contributed by atoms with E-state index >= 15 is 0 Å². The zero-order chi connectivity index (χ0) is 11.1. The molecule has 2 aromatic heterocycles. The lowest BCUT2D eigenvalue weighted by Gasteiger charge is -2.02. The van der Waals surface area contributed by atoms with Crippen LogP contribution in [0.25, 0.3) is 10.9 Å². The maximum Gasteiger partial charge on any atom is 0.228 e. The molecular weight excluding hydrogens is 202 g/mol. The van der Waals surface area contributed by atoms with Gasteiger partial charge in [-0.05, 0) is 25.8 Å². The number of H-pyrrole nitrogens is 1. The number of carbonyl (C=O) groups is 1. The molecule has 2 heterocycles. The summed E-state index contributed by atoms with van der Waals surface area (Å²) < 4.78 is 0. The van der Waals surface area contributed by atoms with Crippen molar-refractivity contribution in [3.05, 3.63) is 24.0 Å². The Morgan fingerprint density at radius 2 is 2.31 bits per heavy atom. The molecule has 0 bridgehead atoms. The van der Waals surface area contributed by atoms with Crippen LogP contribution in [0.3, 0.4) is 0 Å². The quantitative estimate of drug-likeness (QED) is 0.807. The van der Waals surface area contributed by atoms with E-state index in [0.717, 1.165) is 29.4 Å². The number of fused-ring (bicyclic) bond motifs is 1. The summed E-state index contributed by atoms with van der Waals surface area (Å²) >= 11 is 0. The Kier molecular flexibility index (Phi) is 1.96. The number of hydrogen-bond acceptors (Lipinski definition) is 2. The van der Waals surface area contributed by atoms with Gasteiger partial charge in [-0.25, -0.2) is 4.98 Å². The molecule has 0 aromatic carbocycles. The maximum absolute atomic E-state index is 11.6. The fourth-order valence-electron chi connectivity index (χ4n) is 1.81. The lowest BCUT2D eigenvalue weighted by atomic mass is 10.3. The lowest BCUT2D eigenvalue weighted by Crippen LogP contribution is -2.14. The second kappa shape index (κ2) is 3.33. The molecule has 0 radical (unpaired) electrons. The Balaban J connectivity index is 1.88. The predicted octanol–water partition coefficient (Wildman–Crippen LogP) is 2.22. The molecule has 1 saturated carbocycles. The van der Waals surface area contributed by atoms with Crippen LogP contribution >= 0.6 is 0 Å². The van der Waals surface area contributed by atoms with Crippen molar-refractivity contribution in [1.29, 1.82) is 0 Å².